The molecule has 108 valence electrons. The standard InChI is InChI=1S/C14H13N3O3S/c18-14-16-12-7-21(19,20)8-13(12)17(14)10-3-4-11-9(6-10)2-1-5-15-11/h1-6,12-13H,7-8H2,(H,16,18)/t12-,13-/m0/s1. The number of rotatable bonds is 1. The monoisotopic (exact) mass is 303 g/mol. The summed E-state index contributed by atoms with van der Waals surface area (Å²) >= 11 is 0. The second-order valence-corrected chi connectivity index (χ2v) is 7.60. The number of nitrogens with one attached hydrogen (secondary N) is 1. The second kappa shape index (κ2) is 4.17. The van der Waals surface area contributed by atoms with Crippen molar-refractivity contribution in [1.29, 1.82) is 0 Å². The summed E-state index contributed by atoms with van der Waals surface area (Å²) in [7, 11) is -3.08. The van der Waals surface area contributed by atoms with Crippen molar-refractivity contribution in [2.75, 3.05) is 16.4 Å². The molecule has 2 amide bonds. The number of aromatic nitrogens is 1. The number of nitrogens with zero attached hydrogens (tertiary/aromatic N) is 2. The van der Waals surface area contributed by atoms with Crippen molar-refractivity contribution >= 4 is 32.5 Å². The molecule has 0 aliphatic carbocycles. The average Bonchev–Trinajstić information content (AvgIpc) is 2.88. The van der Waals surface area contributed by atoms with E-state index in [4.69, 9.17) is 0 Å². The fourth-order valence-corrected chi connectivity index (χ4v) is 5.01. The van der Waals surface area contributed by atoms with Crippen LogP contribution in [-0.2, 0) is 9.84 Å². The summed E-state index contributed by atoms with van der Waals surface area (Å²) in [5.74, 6) is 0.0382. The lowest BCUT2D eigenvalue weighted by Crippen LogP contribution is -2.36. The van der Waals surface area contributed by atoms with E-state index in [0.29, 0.717) is 5.69 Å². The summed E-state index contributed by atoms with van der Waals surface area (Å²) in [6.07, 6.45) is 1.71. The number of hydrogen-bond donors (Lipinski definition) is 1. The van der Waals surface area contributed by atoms with Crippen LogP contribution >= 0.6 is 0 Å². The van der Waals surface area contributed by atoms with Crippen molar-refractivity contribution in [2.24, 2.45) is 0 Å². The molecule has 1 aromatic heterocycles. The summed E-state index contributed by atoms with van der Waals surface area (Å²) < 4.78 is 23.5. The summed E-state index contributed by atoms with van der Waals surface area (Å²) in [4.78, 5) is 17.9. The Morgan fingerprint density at radius 1 is 1.24 bits per heavy atom. The molecule has 0 unspecified atom stereocenters. The van der Waals surface area contributed by atoms with E-state index in [1.54, 1.807) is 11.1 Å². The van der Waals surface area contributed by atoms with Crippen molar-refractivity contribution in [3.63, 3.8) is 0 Å². The van der Waals surface area contributed by atoms with Gasteiger partial charge in [-0.25, -0.2) is 13.2 Å². The molecule has 2 aliphatic heterocycles. The largest absolute Gasteiger partial charge is 0.332 e. The first-order valence-electron chi connectivity index (χ1n) is 6.68. The molecule has 6 nitrogen and oxygen atoms in total. The summed E-state index contributed by atoms with van der Waals surface area (Å²) in [6.45, 7) is 0. The Hall–Kier alpha value is -2.15. The second-order valence-electron chi connectivity index (χ2n) is 5.45. The number of carbonyl (C=O) groups is 1. The SMILES string of the molecule is O=C1N[C@H]2CS(=O)(=O)C[C@@H]2N1c1ccc2ncccc2c1. The maximum Gasteiger partial charge on any atom is 0.322 e. The van der Waals surface area contributed by atoms with Gasteiger partial charge in [0.25, 0.3) is 0 Å². The molecule has 0 radical (unpaired) electrons. The van der Waals surface area contributed by atoms with E-state index >= 15 is 0 Å². The smallest absolute Gasteiger partial charge is 0.322 e. The Morgan fingerprint density at radius 3 is 2.95 bits per heavy atom. The van der Waals surface area contributed by atoms with Gasteiger partial charge >= 0.3 is 6.03 Å². The van der Waals surface area contributed by atoms with Gasteiger partial charge in [-0.05, 0) is 24.3 Å². The fourth-order valence-electron chi connectivity index (χ4n) is 3.12. The van der Waals surface area contributed by atoms with Crippen LogP contribution in [0.3, 0.4) is 0 Å². The molecule has 3 heterocycles. The number of hydrogen-bond acceptors (Lipinski definition) is 4. The van der Waals surface area contributed by atoms with Crippen molar-refractivity contribution in [3.05, 3.63) is 36.5 Å². The van der Waals surface area contributed by atoms with Crippen LogP contribution in [0.4, 0.5) is 10.5 Å². The molecule has 2 aliphatic rings. The van der Waals surface area contributed by atoms with Gasteiger partial charge in [0.05, 0.1) is 29.1 Å². The lowest BCUT2D eigenvalue weighted by molar-refractivity contribution is 0.251. The Morgan fingerprint density at radius 2 is 2.10 bits per heavy atom. The maximum atomic E-state index is 12.1. The van der Waals surface area contributed by atoms with E-state index in [1.165, 1.54) is 0 Å². The van der Waals surface area contributed by atoms with Crippen LogP contribution in [0.1, 0.15) is 0 Å². The van der Waals surface area contributed by atoms with Crippen LogP contribution in [0, 0.1) is 0 Å². The molecule has 7 heteroatoms. The van der Waals surface area contributed by atoms with Crippen LogP contribution in [0.25, 0.3) is 10.9 Å². The fraction of sp³-hybridized carbons (Fsp3) is 0.286. The van der Waals surface area contributed by atoms with Crippen LogP contribution < -0.4 is 10.2 Å². The minimum Gasteiger partial charge on any atom is -0.332 e. The summed E-state index contributed by atoms with van der Waals surface area (Å²) in [6, 6.07) is 8.40. The molecule has 1 aromatic carbocycles. The van der Waals surface area contributed by atoms with E-state index in [2.05, 4.69) is 10.3 Å². The van der Waals surface area contributed by atoms with Gasteiger partial charge in [-0.15, -0.1) is 0 Å². The number of benzene rings is 1. The van der Waals surface area contributed by atoms with Gasteiger partial charge in [0, 0.05) is 17.3 Å². The zero-order valence-electron chi connectivity index (χ0n) is 11.1. The number of sulfone groups is 1. The molecular weight excluding hydrogens is 290 g/mol. The molecule has 2 atom stereocenters. The number of pyridine rings is 1. The van der Waals surface area contributed by atoms with Gasteiger partial charge in [0.1, 0.15) is 0 Å². The zero-order chi connectivity index (χ0) is 14.6. The average molecular weight is 303 g/mol. The van der Waals surface area contributed by atoms with Gasteiger partial charge in [0.15, 0.2) is 9.84 Å². The lowest BCUT2D eigenvalue weighted by Gasteiger charge is -2.21. The third kappa shape index (κ3) is 1.96. The molecule has 2 saturated heterocycles. The third-order valence-corrected chi connectivity index (χ3v) is 5.76. The Bertz CT molecular complexity index is 849. The highest BCUT2D eigenvalue weighted by Crippen LogP contribution is 2.30. The molecule has 2 fully saturated rings. The maximum absolute atomic E-state index is 12.1. The highest BCUT2D eigenvalue weighted by atomic mass is 32.2. The van der Waals surface area contributed by atoms with E-state index in [0.717, 1.165) is 10.9 Å². The molecule has 21 heavy (non-hydrogen) atoms. The Balaban J connectivity index is 1.78. The number of anilines is 1. The van der Waals surface area contributed by atoms with Gasteiger partial charge in [0.2, 0.25) is 0 Å². The molecule has 1 N–H and O–H groups in total. The summed E-state index contributed by atoms with van der Waals surface area (Å²) in [5, 5.41) is 3.68. The van der Waals surface area contributed by atoms with Gasteiger partial charge in [-0.3, -0.25) is 9.88 Å². The highest BCUT2D eigenvalue weighted by molar-refractivity contribution is 7.91. The molecular formula is C14H13N3O3S. The first kappa shape index (κ1) is 12.6. The predicted octanol–water partition coefficient (Wildman–Crippen LogP) is 0.930. The number of urea groups is 1. The van der Waals surface area contributed by atoms with E-state index in [9.17, 15) is 13.2 Å². The van der Waals surface area contributed by atoms with Crippen LogP contribution in [0.5, 0.6) is 0 Å². The molecule has 0 spiro atoms. The third-order valence-electron chi connectivity index (χ3n) is 4.05. The quantitative estimate of drug-likeness (QED) is 0.795. The van der Waals surface area contributed by atoms with Crippen molar-refractivity contribution in [2.45, 2.75) is 12.1 Å². The highest BCUT2D eigenvalue weighted by Gasteiger charge is 2.49. The van der Waals surface area contributed by atoms with E-state index in [1.807, 2.05) is 30.3 Å². The Labute approximate surface area is 121 Å². The zero-order valence-corrected chi connectivity index (χ0v) is 11.9. The first-order chi connectivity index (χ1) is 10.0. The van der Waals surface area contributed by atoms with Gasteiger partial charge in [-0.2, -0.15) is 0 Å². The van der Waals surface area contributed by atoms with Crippen molar-refractivity contribution in [1.82, 2.24) is 10.3 Å². The van der Waals surface area contributed by atoms with E-state index < -0.39 is 9.84 Å². The summed E-state index contributed by atoms with van der Waals surface area (Å²) in [5.41, 5.74) is 1.55. The Kier molecular flexibility index (Phi) is 2.50. The minimum atomic E-state index is -3.08. The van der Waals surface area contributed by atoms with Gasteiger partial charge in [-0.1, -0.05) is 6.07 Å². The molecule has 0 saturated carbocycles. The predicted molar refractivity (Wildman–Crippen MR) is 79.0 cm³/mol. The van der Waals surface area contributed by atoms with Crippen LogP contribution in [0.15, 0.2) is 36.5 Å². The lowest BCUT2D eigenvalue weighted by atomic mass is 10.1. The first-order valence-corrected chi connectivity index (χ1v) is 8.51. The minimum absolute atomic E-state index is 0.0154. The normalized spacial score (nSPS) is 26.9. The van der Waals surface area contributed by atoms with Crippen molar-refractivity contribution in [3.8, 4) is 0 Å². The van der Waals surface area contributed by atoms with Crippen molar-refractivity contribution < 1.29 is 13.2 Å². The van der Waals surface area contributed by atoms with E-state index in [-0.39, 0.29) is 29.6 Å². The molecule has 2 aromatic rings. The topological polar surface area (TPSA) is 79.4 Å². The molecule has 4 rings (SSSR count). The number of amides is 2. The molecule has 0 bridgehead atoms. The number of fused-ring (bicyclic) bond motifs is 2. The van der Waals surface area contributed by atoms with Crippen LogP contribution in [-0.4, -0.2) is 43.0 Å². The van der Waals surface area contributed by atoms with Gasteiger partial charge < -0.3 is 5.32 Å². The van der Waals surface area contributed by atoms with Crippen LogP contribution in [0.2, 0.25) is 0 Å². The number of carbonyl (C=O) groups excluding carboxylic acids is 1.